The Labute approximate surface area is 89.9 Å². The number of rotatable bonds is 2. The van der Waals surface area contributed by atoms with E-state index in [-0.39, 0.29) is 0 Å². The molecule has 68 valence electrons. The van der Waals surface area contributed by atoms with Crippen molar-refractivity contribution in [3.8, 4) is 0 Å². The first kappa shape index (κ1) is 8.96. The molecular weight excluding hydrogens is 279 g/mol. The van der Waals surface area contributed by atoms with E-state index in [4.69, 9.17) is 4.74 Å². The van der Waals surface area contributed by atoms with Crippen LogP contribution in [0.2, 0.25) is 0 Å². The van der Waals surface area contributed by atoms with Crippen molar-refractivity contribution in [2.45, 2.75) is 6.61 Å². The van der Waals surface area contributed by atoms with Gasteiger partial charge in [-0.15, -0.1) is 0 Å². The molecule has 0 amide bonds. The maximum Gasteiger partial charge on any atom is 0.137 e. The van der Waals surface area contributed by atoms with Gasteiger partial charge in [0, 0.05) is 13.3 Å². The summed E-state index contributed by atoms with van der Waals surface area (Å²) in [7, 11) is 1.68. The smallest absolute Gasteiger partial charge is 0.137 e. The molecule has 3 nitrogen and oxygen atoms in total. The van der Waals surface area contributed by atoms with Crippen LogP contribution in [0, 0.1) is 3.70 Å². The van der Waals surface area contributed by atoms with E-state index >= 15 is 0 Å². The fraction of sp³-hybridized carbons (Fsp3) is 0.222. The Balaban J connectivity index is 2.60. The van der Waals surface area contributed by atoms with E-state index in [9.17, 15) is 0 Å². The number of fused-ring (bicyclic) bond motifs is 1. The fourth-order valence-corrected chi connectivity index (χ4v) is 1.93. The van der Waals surface area contributed by atoms with Gasteiger partial charge in [0.2, 0.25) is 0 Å². The normalized spacial score (nSPS) is 10.9. The molecule has 0 aliphatic rings. The molecule has 0 aromatic carbocycles. The van der Waals surface area contributed by atoms with Crippen LogP contribution in [-0.2, 0) is 11.3 Å². The summed E-state index contributed by atoms with van der Waals surface area (Å²) in [4.78, 5) is 4.43. The van der Waals surface area contributed by atoms with Crippen LogP contribution in [0.15, 0.2) is 24.4 Å². The van der Waals surface area contributed by atoms with Crippen molar-refractivity contribution in [1.29, 1.82) is 0 Å². The zero-order valence-electron chi connectivity index (χ0n) is 7.20. The highest BCUT2D eigenvalue weighted by molar-refractivity contribution is 14.1. The lowest BCUT2D eigenvalue weighted by molar-refractivity contribution is 0.181. The number of halogens is 1. The molecule has 0 aliphatic heterocycles. The maximum absolute atomic E-state index is 5.06. The number of ether oxygens (including phenoxy) is 1. The molecule has 0 saturated carbocycles. The lowest BCUT2D eigenvalue weighted by atomic mass is 10.5. The molecular formula is C9H9IN2O. The molecule has 0 atom stereocenters. The molecule has 0 fully saturated rings. The number of imidazole rings is 1. The van der Waals surface area contributed by atoms with Gasteiger partial charge in [-0.3, -0.25) is 4.40 Å². The van der Waals surface area contributed by atoms with Crippen molar-refractivity contribution in [1.82, 2.24) is 9.38 Å². The summed E-state index contributed by atoms with van der Waals surface area (Å²) in [5.41, 5.74) is 1.97. The van der Waals surface area contributed by atoms with Gasteiger partial charge in [-0.2, -0.15) is 0 Å². The van der Waals surface area contributed by atoms with Crippen molar-refractivity contribution in [3.05, 3.63) is 33.8 Å². The number of aromatic nitrogens is 2. The first-order valence-electron chi connectivity index (χ1n) is 3.93. The summed E-state index contributed by atoms with van der Waals surface area (Å²) in [6.07, 6.45) is 2.00. The highest BCUT2D eigenvalue weighted by Gasteiger charge is 2.07. The summed E-state index contributed by atoms with van der Waals surface area (Å²) in [5.74, 6) is 0. The summed E-state index contributed by atoms with van der Waals surface area (Å²) in [6.45, 7) is 0.569. The largest absolute Gasteiger partial charge is 0.378 e. The molecule has 0 saturated heterocycles. The first-order valence-corrected chi connectivity index (χ1v) is 5.01. The highest BCUT2D eigenvalue weighted by atomic mass is 127. The molecule has 0 aliphatic carbocycles. The van der Waals surface area contributed by atoms with E-state index in [1.807, 2.05) is 24.4 Å². The lowest BCUT2D eigenvalue weighted by Crippen LogP contribution is -1.91. The Bertz CT molecular complexity index is 424. The molecule has 2 rings (SSSR count). The minimum atomic E-state index is 0.569. The van der Waals surface area contributed by atoms with Gasteiger partial charge >= 0.3 is 0 Å². The average molecular weight is 288 g/mol. The van der Waals surface area contributed by atoms with E-state index < -0.39 is 0 Å². The van der Waals surface area contributed by atoms with Crippen molar-refractivity contribution in [3.63, 3.8) is 0 Å². The van der Waals surface area contributed by atoms with Crippen molar-refractivity contribution >= 4 is 28.2 Å². The molecule has 0 spiro atoms. The summed E-state index contributed by atoms with van der Waals surface area (Å²) < 4.78 is 8.23. The molecule has 2 aromatic rings. The summed E-state index contributed by atoms with van der Waals surface area (Å²) in [6, 6.07) is 5.96. The van der Waals surface area contributed by atoms with E-state index in [2.05, 4.69) is 32.0 Å². The minimum Gasteiger partial charge on any atom is -0.378 e. The van der Waals surface area contributed by atoms with E-state index in [1.54, 1.807) is 7.11 Å². The number of hydrogen-bond acceptors (Lipinski definition) is 2. The predicted octanol–water partition coefficient (Wildman–Crippen LogP) is 2.09. The van der Waals surface area contributed by atoms with E-state index in [1.165, 1.54) is 0 Å². The monoisotopic (exact) mass is 288 g/mol. The van der Waals surface area contributed by atoms with Crippen molar-refractivity contribution in [2.75, 3.05) is 7.11 Å². The second kappa shape index (κ2) is 3.63. The van der Waals surface area contributed by atoms with Gasteiger partial charge in [0.25, 0.3) is 0 Å². The Hall–Kier alpha value is -0.620. The predicted molar refractivity (Wildman–Crippen MR) is 58.6 cm³/mol. The molecule has 2 heterocycles. The quantitative estimate of drug-likeness (QED) is 0.791. The Morgan fingerprint density at radius 2 is 2.38 bits per heavy atom. The Morgan fingerprint density at radius 1 is 1.54 bits per heavy atom. The van der Waals surface area contributed by atoms with Crippen LogP contribution >= 0.6 is 22.6 Å². The Morgan fingerprint density at radius 3 is 3.08 bits per heavy atom. The van der Waals surface area contributed by atoms with Gasteiger partial charge in [0.15, 0.2) is 0 Å². The highest BCUT2D eigenvalue weighted by Crippen LogP contribution is 2.15. The van der Waals surface area contributed by atoms with Crippen LogP contribution in [0.4, 0.5) is 0 Å². The summed E-state index contributed by atoms with van der Waals surface area (Å²) >= 11 is 2.28. The zero-order chi connectivity index (χ0) is 9.26. The standard InChI is InChI=1S/C9H9IN2O/c1-13-6-7-9(10)12-5-3-2-4-8(12)11-7/h2-5H,6H2,1H3. The number of pyridine rings is 1. The molecule has 0 N–H and O–H groups in total. The van der Waals surface area contributed by atoms with Gasteiger partial charge in [-0.1, -0.05) is 6.07 Å². The molecule has 0 bridgehead atoms. The second-order valence-electron chi connectivity index (χ2n) is 2.71. The van der Waals surface area contributed by atoms with Gasteiger partial charge < -0.3 is 4.74 Å². The van der Waals surface area contributed by atoms with Crippen molar-refractivity contribution in [2.24, 2.45) is 0 Å². The maximum atomic E-state index is 5.06. The minimum absolute atomic E-state index is 0.569. The van der Waals surface area contributed by atoms with Crippen LogP contribution in [0.25, 0.3) is 5.65 Å². The second-order valence-corrected chi connectivity index (χ2v) is 3.73. The van der Waals surface area contributed by atoms with Crippen LogP contribution < -0.4 is 0 Å². The van der Waals surface area contributed by atoms with Crippen LogP contribution in [0.5, 0.6) is 0 Å². The van der Waals surface area contributed by atoms with Crippen LogP contribution in [0.3, 0.4) is 0 Å². The molecule has 2 aromatic heterocycles. The average Bonchev–Trinajstić information content (AvgIpc) is 2.46. The molecule has 0 unspecified atom stereocenters. The topological polar surface area (TPSA) is 26.5 Å². The SMILES string of the molecule is COCc1nc2ccccn2c1I. The van der Waals surface area contributed by atoms with Gasteiger partial charge in [0.1, 0.15) is 9.35 Å². The molecule has 13 heavy (non-hydrogen) atoms. The first-order chi connectivity index (χ1) is 6.33. The fourth-order valence-electron chi connectivity index (χ4n) is 1.24. The van der Waals surface area contributed by atoms with E-state index in [0.717, 1.165) is 15.0 Å². The van der Waals surface area contributed by atoms with Gasteiger partial charge in [0.05, 0.1) is 12.3 Å². The lowest BCUT2D eigenvalue weighted by Gasteiger charge is -1.94. The van der Waals surface area contributed by atoms with Gasteiger partial charge in [-0.05, 0) is 34.7 Å². The third kappa shape index (κ3) is 1.55. The number of nitrogens with zero attached hydrogens (tertiary/aromatic N) is 2. The Kier molecular flexibility index (Phi) is 2.50. The molecule has 4 heteroatoms. The third-order valence-corrected chi connectivity index (χ3v) is 2.96. The number of methoxy groups -OCH3 is 1. The van der Waals surface area contributed by atoms with Crippen LogP contribution in [0.1, 0.15) is 5.69 Å². The van der Waals surface area contributed by atoms with Crippen molar-refractivity contribution < 1.29 is 4.74 Å². The van der Waals surface area contributed by atoms with E-state index in [0.29, 0.717) is 6.61 Å². The zero-order valence-corrected chi connectivity index (χ0v) is 9.35. The van der Waals surface area contributed by atoms with Gasteiger partial charge in [-0.25, -0.2) is 4.98 Å². The molecule has 0 radical (unpaired) electrons. The third-order valence-electron chi connectivity index (χ3n) is 1.82. The number of hydrogen-bond donors (Lipinski definition) is 0. The summed E-state index contributed by atoms with van der Waals surface area (Å²) in [5, 5.41) is 0. The van der Waals surface area contributed by atoms with Crippen LogP contribution in [-0.4, -0.2) is 16.5 Å².